The maximum Gasteiger partial charge on any atom is 0.315 e. The molecule has 0 aromatic heterocycles. The number of urea groups is 1. The Kier molecular flexibility index (Phi) is 5.59. The second kappa shape index (κ2) is 8.75. The third-order valence-corrected chi connectivity index (χ3v) is 8.26. The van der Waals surface area contributed by atoms with Crippen LogP contribution in [-0.2, 0) is 12.0 Å². The van der Waals surface area contributed by atoms with Crippen LogP contribution < -0.4 is 10.6 Å². The molecule has 1 aliphatic heterocycles. The summed E-state index contributed by atoms with van der Waals surface area (Å²) in [7, 11) is 0. The quantitative estimate of drug-likeness (QED) is 0.520. The lowest BCUT2D eigenvalue weighted by Gasteiger charge is -2.40. The van der Waals surface area contributed by atoms with Crippen molar-refractivity contribution in [3.63, 3.8) is 0 Å². The average molecular weight is 472 g/mol. The van der Waals surface area contributed by atoms with Gasteiger partial charge in [-0.05, 0) is 59.2 Å². The molecule has 3 aromatic carbocycles. The van der Waals surface area contributed by atoms with Gasteiger partial charge in [0.05, 0.1) is 0 Å². The fourth-order valence-electron chi connectivity index (χ4n) is 6.45. The molecule has 1 heterocycles. The summed E-state index contributed by atoms with van der Waals surface area (Å²) in [5.41, 5.74) is 6.98. The molecule has 2 unspecified atom stereocenters. The summed E-state index contributed by atoms with van der Waals surface area (Å²) in [4.78, 5) is 15.0. The summed E-state index contributed by atoms with van der Waals surface area (Å²) < 4.78 is 0. The number of hydrogen-bond acceptors (Lipinski definition) is 2. The van der Waals surface area contributed by atoms with Gasteiger partial charge < -0.3 is 15.5 Å². The summed E-state index contributed by atoms with van der Waals surface area (Å²) in [5.74, 6) is 0.482. The number of halogens is 1. The van der Waals surface area contributed by atoms with Crippen LogP contribution in [0.5, 0.6) is 0 Å². The van der Waals surface area contributed by atoms with E-state index in [0.717, 1.165) is 49.5 Å². The number of hydrogen-bond donors (Lipinski definition) is 2. The van der Waals surface area contributed by atoms with Crippen LogP contribution in [0.4, 0.5) is 4.79 Å². The summed E-state index contributed by atoms with van der Waals surface area (Å²) in [6.45, 7) is 3.56. The van der Waals surface area contributed by atoms with Crippen molar-refractivity contribution in [3.05, 3.63) is 106 Å². The summed E-state index contributed by atoms with van der Waals surface area (Å²) in [6.07, 6.45) is 3.09. The van der Waals surface area contributed by atoms with Gasteiger partial charge >= 0.3 is 6.03 Å². The highest BCUT2D eigenvalue weighted by molar-refractivity contribution is 6.30. The summed E-state index contributed by atoms with van der Waals surface area (Å²) >= 11 is 6.46. The SMILES string of the molecule is O=C(NCc1ccccc1)NC1CCN(CC23CC(c4ccccc42)c2ccc(Cl)cc23)CC1. The van der Waals surface area contributed by atoms with E-state index in [2.05, 4.69) is 51.9 Å². The molecule has 1 saturated heterocycles. The van der Waals surface area contributed by atoms with Gasteiger partial charge in [-0.1, -0.05) is 72.3 Å². The highest BCUT2D eigenvalue weighted by atomic mass is 35.5. The molecule has 0 spiro atoms. The molecule has 5 heteroatoms. The number of fused-ring (bicyclic) bond motifs is 8. The van der Waals surface area contributed by atoms with Crippen molar-refractivity contribution in [2.75, 3.05) is 19.6 Å². The number of carbonyl (C=O) groups excluding carboxylic acids is 1. The van der Waals surface area contributed by atoms with Crippen LogP contribution in [-0.4, -0.2) is 36.6 Å². The van der Waals surface area contributed by atoms with Gasteiger partial charge in [0.1, 0.15) is 0 Å². The number of nitrogens with one attached hydrogen (secondary N) is 2. The van der Waals surface area contributed by atoms with Gasteiger partial charge in [-0.15, -0.1) is 0 Å². The number of nitrogens with zero attached hydrogens (tertiary/aromatic N) is 1. The Hall–Kier alpha value is -2.82. The van der Waals surface area contributed by atoms with Crippen molar-refractivity contribution in [3.8, 4) is 0 Å². The average Bonchev–Trinajstić information content (AvgIpc) is 3.36. The van der Waals surface area contributed by atoms with E-state index >= 15 is 0 Å². The van der Waals surface area contributed by atoms with Gasteiger partial charge in [0.15, 0.2) is 0 Å². The third-order valence-electron chi connectivity index (χ3n) is 8.02. The van der Waals surface area contributed by atoms with Gasteiger partial charge in [0, 0.05) is 48.6 Å². The van der Waals surface area contributed by atoms with E-state index in [1.165, 1.54) is 22.3 Å². The monoisotopic (exact) mass is 471 g/mol. The molecule has 2 atom stereocenters. The fourth-order valence-corrected chi connectivity index (χ4v) is 6.62. The van der Waals surface area contributed by atoms with E-state index in [1.54, 1.807) is 0 Å². The van der Waals surface area contributed by atoms with Gasteiger partial charge in [-0.3, -0.25) is 0 Å². The number of piperidine rings is 1. The van der Waals surface area contributed by atoms with Crippen LogP contribution in [0.15, 0.2) is 72.8 Å². The molecule has 2 amide bonds. The van der Waals surface area contributed by atoms with Crippen LogP contribution >= 0.6 is 11.6 Å². The highest BCUT2D eigenvalue weighted by Gasteiger charge is 2.53. The predicted octanol–water partition coefficient (Wildman–Crippen LogP) is 5.44. The van der Waals surface area contributed by atoms with E-state index < -0.39 is 0 Å². The number of amides is 2. The van der Waals surface area contributed by atoms with Gasteiger partial charge in [0.2, 0.25) is 0 Å². The molecular weight excluding hydrogens is 442 g/mol. The zero-order valence-corrected chi connectivity index (χ0v) is 20.0. The molecule has 34 heavy (non-hydrogen) atoms. The second-order valence-corrected chi connectivity index (χ2v) is 10.5. The lowest BCUT2D eigenvalue weighted by molar-refractivity contribution is 0.169. The number of carbonyl (C=O) groups is 1. The smallest absolute Gasteiger partial charge is 0.315 e. The van der Waals surface area contributed by atoms with E-state index in [4.69, 9.17) is 11.6 Å². The molecule has 0 saturated carbocycles. The first-order chi connectivity index (χ1) is 16.6. The molecule has 3 aliphatic rings. The third kappa shape index (κ3) is 3.79. The standard InChI is InChI=1S/C29H30ClN3O/c30-21-10-11-24-25-17-29(27(24)16-21,26-9-5-4-8-23(25)26)19-33-14-12-22(13-15-33)32-28(34)31-18-20-6-2-1-3-7-20/h1-11,16,22,25H,12-15,17-19H2,(H2,31,32,34). The van der Waals surface area contributed by atoms with Crippen molar-refractivity contribution >= 4 is 17.6 Å². The molecule has 4 nitrogen and oxygen atoms in total. The van der Waals surface area contributed by atoms with Crippen molar-refractivity contribution in [1.82, 2.24) is 15.5 Å². The van der Waals surface area contributed by atoms with Crippen molar-refractivity contribution in [2.45, 2.75) is 43.2 Å². The van der Waals surface area contributed by atoms with Crippen LogP contribution in [0.3, 0.4) is 0 Å². The summed E-state index contributed by atoms with van der Waals surface area (Å²) in [6, 6.07) is 25.6. The van der Waals surface area contributed by atoms with Crippen LogP contribution in [0.2, 0.25) is 5.02 Å². The first-order valence-corrected chi connectivity index (χ1v) is 12.7. The van der Waals surface area contributed by atoms with Gasteiger partial charge in [-0.2, -0.15) is 0 Å². The van der Waals surface area contributed by atoms with E-state index in [9.17, 15) is 4.79 Å². The van der Waals surface area contributed by atoms with E-state index in [-0.39, 0.29) is 17.5 Å². The molecule has 6 rings (SSSR count). The van der Waals surface area contributed by atoms with E-state index in [1.807, 2.05) is 36.4 Å². The fraction of sp³-hybridized carbons (Fsp3) is 0.345. The topological polar surface area (TPSA) is 44.4 Å². The molecule has 3 aromatic rings. The minimum atomic E-state index is -0.0761. The number of benzene rings is 3. The molecule has 174 valence electrons. The molecule has 2 N–H and O–H groups in total. The van der Waals surface area contributed by atoms with Gasteiger partial charge in [-0.25, -0.2) is 4.79 Å². The lowest BCUT2D eigenvalue weighted by Crippen LogP contribution is -2.50. The Morgan fingerprint density at radius 1 is 0.941 bits per heavy atom. The van der Waals surface area contributed by atoms with Gasteiger partial charge in [0.25, 0.3) is 0 Å². The van der Waals surface area contributed by atoms with Crippen molar-refractivity contribution in [1.29, 1.82) is 0 Å². The molecule has 0 radical (unpaired) electrons. The minimum Gasteiger partial charge on any atom is -0.335 e. The van der Waals surface area contributed by atoms with Crippen LogP contribution in [0.1, 0.15) is 53.0 Å². The molecule has 2 aliphatic carbocycles. The van der Waals surface area contributed by atoms with Crippen molar-refractivity contribution in [2.24, 2.45) is 0 Å². The molecular formula is C29H30ClN3O. The largest absolute Gasteiger partial charge is 0.335 e. The predicted molar refractivity (Wildman–Crippen MR) is 136 cm³/mol. The Morgan fingerprint density at radius 3 is 2.50 bits per heavy atom. The Morgan fingerprint density at radius 2 is 1.68 bits per heavy atom. The molecule has 1 fully saturated rings. The lowest BCUT2D eigenvalue weighted by atomic mass is 9.74. The molecule has 2 bridgehead atoms. The van der Waals surface area contributed by atoms with Crippen LogP contribution in [0, 0.1) is 0 Å². The zero-order chi connectivity index (χ0) is 23.1. The first-order valence-electron chi connectivity index (χ1n) is 12.3. The second-order valence-electron chi connectivity index (χ2n) is 10.0. The zero-order valence-electron chi connectivity index (χ0n) is 19.3. The Balaban J connectivity index is 1.11. The highest BCUT2D eigenvalue weighted by Crippen LogP contribution is 2.60. The number of rotatable bonds is 5. The maximum absolute atomic E-state index is 12.4. The Labute approximate surface area is 206 Å². The maximum atomic E-state index is 12.4. The van der Waals surface area contributed by atoms with Crippen molar-refractivity contribution < 1.29 is 4.79 Å². The number of likely N-dealkylation sites (tertiary alicyclic amines) is 1. The van der Waals surface area contributed by atoms with Crippen LogP contribution in [0.25, 0.3) is 0 Å². The Bertz CT molecular complexity index is 1210. The first kappa shape index (κ1) is 21.7. The minimum absolute atomic E-state index is 0.0226. The summed E-state index contributed by atoms with van der Waals surface area (Å²) in [5, 5.41) is 6.99. The normalized spacial score (nSPS) is 23.4. The van der Waals surface area contributed by atoms with E-state index in [0.29, 0.717) is 12.5 Å².